The molecule has 1 unspecified atom stereocenters. The quantitative estimate of drug-likeness (QED) is 0.769. The highest BCUT2D eigenvalue weighted by molar-refractivity contribution is 7.14. The van der Waals surface area contributed by atoms with Crippen LogP contribution in [0, 0.1) is 6.92 Å². The van der Waals surface area contributed by atoms with E-state index in [0.717, 1.165) is 22.8 Å². The summed E-state index contributed by atoms with van der Waals surface area (Å²) >= 11 is 1.35. The highest BCUT2D eigenvalue weighted by Crippen LogP contribution is 2.24. The summed E-state index contributed by atoms with van der Waals surface area (Å²) in [7, 11) is 1.90. The minimum atomic E-state index is -0.646. The topological polar surface area (TPSA) is 81.4 Å². The monoisotopic (exact) mass is 367 g/mol. The molecule has 1 amide bonds. The molecule has 0 fully saturated rings. The van der Waals surface area contributed by atoms with Gasteiger partial charge in [0.15, 0.2) is 11.0 Å². The van der Waals surface area contributed by atoms with Gasteiger partial charge in [0.25, 0.3) is 5.91 Å². The number of aromatic nitrogens is 3. The molecule has 1 N–H and O–H groups in total. The van der Waals surface area contributed by atoms with Crippen molar-refractivity contribution in [2.75, 3.05) is 5.32 Å². The summed E-state index contributed by atoms with van der Waals surface area (Å²) in [5.74, 6) is 0.500. The number of hydrogen-bond acceptors (Lipinski definition) is 6. The molecule has 2 aromatic heterocycles. The predicted molar refractivity (Wildman–Crippen MR) is 100 cm³/mol. The Bertz CT molecular complexity index is 974. The number of amides is 1. The Morgan fingerprint density at radius 1 is 1.35 bits per heavy atom. The molecule has 3 heterocycles. The number of oxime groups is 1. The Hall–Kier alpha value is -3.00. The lowest BCUT2D eigenvalue weighted by molar-refractivity contribution is -0.125. The van der Waals surface area contributed by atoms with E-state index in [2.05, 4.69) is 20.4 Å². The fourth-order valence-corrected chi connectivity index (χ4v) is 3.36. The summed E-state index contributed by atoms with van der Waals surface area (Å²) in [6, 6.07) is 8.00. The summed E-state index contributed by atoms with van der Waals surface area (Å²) in [5.41, 5.74) is 3.65. The van der Waals surface area contributed by atoms with Crippen LogP contribution in [0.3, 0.4) is 0 Å². The van der Waals surface area contributed by atoms with Gasteiger partial charge >= 0.3 is 0 Å². The smallest absolute Gasteiger partial charge is 0.270 e. The summed E-state index contributed by atoms with van der Waals surface area (Å²) < 4.78 is 1.88. The first-order valence-corrected chi connectivity index (χ1v) is 9.02. The average molecular weight is 367 g/mol. The minimum Gasteiger partial charge on any atom is -0.382 e. The second-order valence-electron chi connectivity index (χ2n) is 6.09. The number of nitrogens with zero attached hydrogens (tertiary/aromatic N) is 4. The van der Waals surface area contributed by atoms with Gasteiger partial charge in [0.1, 0.15) is 5.69 Å². The molecule has 7 nitrogen and oxygen atoms in total. The van der Waals surface area contributed by atoms with Gasteiger partial charge in [-0.05, 0) is 12.5 Å². The number of rotatable bonds is 4. The van der Waals surface area contributed by atoms with Crippen LogP contribution >= 0.6 is 11.3 Å². The minimum absolute atomic E-state index is 0.253. The van der Waals surface area contributed by atoms with Gasteiger partial charge in [0.05, 0.1) is 5.71 Å². The van der Waals surface area contributed by atoms with Crippen molar-refractivity contribution < 1.29 is 9.63 Å². The Balaban J connectivity index is 1.40. The van der Waals surface area contributed by atoms with Gasteiger partial charge in [-0.1, -0.05) is 35.0 Å². The molecular weight excluding hydrogens is 350 g/mol. The van der Waals surface area contributed by atoms with Crippen molar-refractivity contribution in [1.82, 2.24) is 14.5 Å². The highest BCUT2D eigenvalue weighted by atomic mass is 32.1. The van der Waals surface area contributed by atoms with E-state index in [1.807, 2.05) is 54.4 Å². The van der Waals surface area contributed by atoms with Crippen molar-refractivity contribution in [2.45, 2.75) is 19.4 Å². The van der Waals surface area contributed by atoms with Gasteiger partial charge in [-0.3, -0.25) is 10.1 Å². The normalized spacial score (nSPS) is 16.2. The summed E-state index contributed by atoms with van der Waals surface area (Å²) in [6.07, 6.45) is 3.35. The first-order valence-electron chi connectivity index (χ1n) is 8.14. The van der Waals surface area contributed by atoms with Gasteiger partial charge in [-0.15, -0.1) is 11.3 Å². The van der Waals surface area contributed by atoms with Crippen molar-refractivity contribution in [3.63, 3.8) is 0 Å². The van der Waals surface area contributed by atoms with Crippen molar-refractivity contribution in [2.24, 2.45) is 12.2 Å². The van der Waals surface area contributed by atoms with E-state index in [1.54, 1.807) is 6.20 Å². The van der Waals surface area contributed by atoms with Crippen LogP contribution in [0.15, 0.2) is 47.2 Å². The third-order valence-electron chi connectivity index (χ3n) is 4.13. The molecule has 0 radical (unpaired) electrons. The maximum Gasteiger partial charge on any atom is 0.270 e. The fourth-order valence-electron chi connectivity index (χ4n) is 2.67. The maximum absolute atomic E-state index is 12.4. The molecule has 1 aliphatic heterocycles. The Morgan fingerprint density at radius 2 is 2.15 bits per heavy atom. The van der Waals surface area contributed by atoms with Crippen molar-refractivity contribution in [3.05, 3.63) is 53.2 Å². The fraction of sp³-hybridized carbons (Fsp3) is 0.222. The molecule has 26 heavy (non-hydrogen) atoms. The molecule has 1 aliphatic rings. The van der Waals surface area contributed by atoms with E-state index in [1.165, 1.54) is 16.9 Å². The zero-order valence-corrected chi connectivity index (χ0v) is 15.2. The second-order valence-corrected chi connectivity index (χ2v) is 6.95. The molecular formula is C18H17N5O2S. The van der Waals surface area contributed by atoms with Crippen LogP contribution < -0.4 is 5.32 Å². The third kappa shape index (κ3) is 3.23. The van der Waals surface area contributed by atoms with Gasteiger partial charge in [0, 0.05) is 31.2 Å². The van der Waals surface area contributed by atoms with Gasteiger partial charge in [0.2, 0.25) is 6.10 Å². The van der Waals surface area contributed by atoms with E-state index >= 15 is 0 Å². The average Bonchev–Trinajstić information content (AvgIpc) is 3.36. The van der Waals surface area contributed by atoms with Crippen LogP contribution in [0.4, 0.5) is 5.13 Å². The van der Waals surface area contributed by atoms with E-state index < -0.39 is 6.10 Å². The standard InChI is InChI=1S/C18H17N5O2S/c1-11-3-5-12(6-4-11)13-9-15(25-22-13)17(24)21-18-20-14(10-26-18)16-19-7-8-23(16)2/h3-8,10,15H,9H2,1-2H3,(H,20,21,24). The van der Waals surface area contributed by atoms with E-state index in [0.29, 0.717) is 11.6 Å². The number of aryl methyl sites for hydroxylation is 2. The molecule has 8 heteroatoms. The lowest BCUT2D eigenvalue weighted by Gasteiger charge is -2.07. The lowest BCUT2D eigenvalue weighted by atomic mass is 10.0. The van der Waals surface area contributed by atoms with Crippen LogP contribution in [-0.2, 0) is 16.7 Å². The number of carbonyl (C=O) groups excluding carboxylic acids is 1. The Kier molecular flexibility index (Phi) is 4.26. The van der Waals surface area contributed by atoms with Crippen molar-refractivity contribution >= 4 is 28.1 Å². The summed E-state index contributed by atoms with van der Waals surface area (Å²) in [6.45, 7) is 2.03. The van der Waals surface area contributed by atoms with Crippen molar-refractivity contribution in [1.29, 1.82) is 0 Å². The molecule has 4 rings (SSSR count). The molecule has 0 saturated carbocycles. The van der Waals surface area contributed by atoms with Crippen molar-refractivity contribution in [3.8, 4) is 11.5 Å². The summed E-state index contributed by atoms with van der Waals surface area (Å²) in [4.78, 5) is 26.4. The van der Waals surface area contributed by atoms with Gasteiger partial charge in [-0.25, -0.2) is 9.97 Å². The first-order chi connectivity index (χ1) is 12.6. The summed E-state index contributed by atoms with van der Waals surface area (Å²) in [5, 5.41) is 9.24. The molecule has 1 aromatic carbocycles. The zero-order chi connectivity index (χ0) is 18.1. The van der Waals surface area contributed by atoms with E-state index in [4.69, 9.17) is 4.84 Å². The Labute approximate surface area is 154 Å². The van der Waals surface area contributed by atoms with Gasteiger partial charge < -0.3 is 9.40 Å². The largest absolute Gasteiger partial charge is 0.382 e. The molecule has 3 aromatic rings. The molecule has 0 spiro atoms. The number of benzene rings is 1. The third-order valence-corrected chi connectivity index (χ3v) is 4.89. The maximum atomic E-state index is 12.4. The van der Waals surface area contributed by atoms with Crippen LogP contribution in [-0.4, -0.2) is 32.3 Å². The second kappa shape index (κ2) is 6.72. The highest BCUT2D eigenvalue weighted by Gasteiger charge is 2.29. The SMILES string of the molecule is Cc1ccc(C2=NOC(C(=O)Nc3nc(-c4nccn4C)cs3)C2)cc1. The number of nitrogens with one attached hydrogen (secondary N) is 1. The molecule has 0 aliphatic carbocycles. The van der Waals surface area contributed by atoms with E-state index in [9.17, 15) is 4.79 Å². The molecule has 1 atom stereocenters. The number of anilines is 1. The predicted octanol–water partition coefficient (Wildman–Crippen LogP) is 2.98. The Morgan fingerprint density at radius 3 is 2.88 bits per heavy atom. The molecule has 0 saturated heterocycles. The van der Waals surface area contributed by atoms with Crippen LogP contribution in [0.2, 0.25) is 0 Å². The first kappa shape index (κ1) is 16.5. The van der Waals surface area contributed by atoms with Crippen LogP contribution in [0.25, 0.3) is 11.5 Å². The zero-order valence-electron chi connectivity index (χ0n) is 14.3. The van der Waals surface area contributed by atoms with Crippen LogP contribution in [0.1, 0.15) is 17.5 Å². The lowest BCUT2D eigenvalue weighted by Crippen LogP contribution is -2.28. The number of carbonyl (C=O) groups is 1. The number of hydrogen-bond donors (Lipinski definition) is 1. The van der Waals surface area contributed by atoms with Crippen LogP contribution in [0.5, 0.6) is 0 Å². The molecule has 0 bridgehead atoms. The van der Waals surface area contributed by atoms with Gasteiger partial charge in [-0.2, -0.15) is 0 Å². The number of imidazole rings is 1. The van der Waals surface area contributed by atoms with E-state index in [-0.39, 0.29) is 5.91 Å². The number of thiazole rings is 1. The molecule has 132 valence electrons.